The van der Waals surface area contributed by atoms with Crippen LogP contribution >= 0.6 is 0 Å². The maximum atomic E-state index is 13.7. The number of hydrogen-bond acceptors (Lipinski definition) is 3. The van der Waals surface area contributed by atoms with Crippen molar-refractivity contribution in [3.63, 3.8) is 0 Å². The first kappa shape index (κ1) is 14.5. The van der Waals surface area contributed by atoms with Crippen LogP contribution in [0.5, 0.6) is 0 Å². The van der Waals surface area contributed by atoms with Crippen LogP contribution < -0.4 is 11.0 Å². The second-order valence-corrected chi connectivity index (χ2v) is 5.13. The molecule has 2 heterocycles. The Balaban J connectivity index is 1.66. The van der Waals surface area contributed by atoms with Crippen LogP contribution in [0.15, 0.2) is 53.5 Å². The van der Waals surface area contributed by atoms with Crippen molar-refractivity contribution in [1.82, 2.24) is 19.5 Å². The summed E-state index contributed by atoms with van der Waals surface area (Å²) in [5, 5.41) is 7.46. The molecule has 3 aromatic rings. The Morgan fingerprint density at radius 2 is 2.00 bits per heavy atom. The Kier molecular flexibility index (Phi) is 4.02. The zero-order valence-corrected chi connectivity index (χ0v) is 12.2. The smallest absolute Gasteiger partial charge is 0.308 e. The molecule has 6 heteroatoms. The molecule has 1 aromatic carbocycles. The van der Waals surface area contributed by atoms with Gasteiger partial charge in [0.2, 0.25) is 0 Å². The molecule has 114 valence electrons. The van der Waals surface area contributed by atoms with E-state index in [-0.39, 0.29) is 17.5 Å². The lowest BCUT2D eigenvalue weighted by atomic mass is 10.1. The molecule has 2 aromatic heterocycles. The normalized spacial score (nSPS) is 12.6. The second kappa shape index (κ2) is 6.11. The zero-order chi connectivity index (χ0) is 15.5. The highest BCUT2D eigenvalue weighted by molar-refractivity contribution is 5.35. The van der Waals surface area contributed by atoms with E-state index in [4.69, 9.17) is 0 Å². The van der Waals surface area contributed by atoms with Crippen molar-refractivity contribution in [2.45, 2.75) is 19.5 Å². The number of nitrogens with one attached hydrogen (secondary N) is 1. The van der Waals surface area contributed by atoms with Gasteiger partial charge in [-0.25, -0.2) is 13.9 Å². The Labute approximate surface area is 127 Å². The third kappa shape index (κ3) is 2.78. The summed E-state index contributed by atoms with van der Waals surface area (Å²) in [5.74, 6) is -0.229. The third-order valence-corrected chi connectivity index (χ3v) is 3.63. The molecular weight excluding hydrogens is 283 g/mol. The fourth-order valence-electron chi connectivity index (χ4n) is 2.44. The van der Waals surface area contributed by atoms with Gasteiger partial charge in [0, 0.05) is 24.3 Å². The van der Waals surface area contributed by atoms with E-state index in [0.717, 1.165) is 0 Å². The van der Waals surface area contributed by atoms with Gasteiger partial charge >= 0.3 is 5.69 Å². The number of aromatic nitrogens is 3. The number of rotatable bonds is 5. The average molecular weight is 300 g/mol. The summed E-state index contributed by atoms with van der Waals surface area (Å²) in [7, 11) is 0. The maximum absolute atomic E-state index is 13.7. The molecule has 1 atom stereocenters. The highest BCUT2D eigenvalue weighted by Gasteiger charge is 2.10. The van der Waals surface area contributed by atoms with Crippen LogP contribution in [0.1, 0.15) is 18.5 Å². The number of fused-ring (bicyclic) bond motifs is 1. The highest BCUT2D eigenvalue weighted by Crippen LogP contribution is 2.15. The van der Waals surface area contributed by atoms with Gasteiger partial charge in [0.1, 0.15) is 5.82 Å². The Hall–Kier alpha value is -2.47. The van der Waals surface area contributed by atoms with Crippen LogP contribution in [0, 0.1) is 5.82 Å². The first-order valence-corrected chi connectivity index (χ1v) is 7.19. The number of benzene rings is 1. The lowest BCUT2D eigenvalue weighted by molar-refractivity contribution is 0.483. The SMILES string of the molecule is CC(NCCn1nc2ccccn2c1=O)c1ccccc1F. The summed E-state index contributed by atoms with van der Waals surface area (Å²) in [5.41, 5.74) is 1.07. The summed E-state index contributed by atoms with van der Waals surface area (Å²) >= 11 is 0. The van der Waals surface area contributed by atoms with Crippen LogP contribution in [-0.4, -0.2) is 20.7 Å². The molecule has 0 saturated carbocycles. The first-order chi connectivity index (χ1) is 10.7. The van der Waals surface area contributed by atoms with Gasteiger partial charge in [-0.2, -0.15) is 0 Å². The molecule has 1 N–H and O–H groups in total. The van der Waals surface area contributed by atoms with E-state index < -0.39 is 0 Å². The Morgan fingerprint density at radius 3 is 2.77 bits per heavy atom. The molecule has 0 aliphatic heterocycles. The van der Waals surface area contributed by atoms with Crippen LogP contribution in [-0.2, 0) is 6.54 Å². The first-order valence-electron chi connectivity index (χ1n) is 7.19. The lowest BCUT2D eigenvalue weighted by Crippen LogP contribution is -2.29. The van der Waals surface area contributed by atoms with Gasteiger partial charge in [-0.3, -0.25) is 4.40 Å². The van der Waals surface area contributed by atoms with E-state index in [9.17, 15) is 9.18 Å². The molecule has 0 radical (unpaired) electrons. The third-order valence-electron chi connectivity index (χ3n) is 3.63. The summed E-state index contributed by atoms with van der Waals surface area (Å²) in [6.45, 7) is 2.85. The van der Waals surface area contributed by atoms with Crippen molar-refractivity contribution >= 4 is 5.65 Å². The molecule has 22 heavy (non-hydrogen) atoms. The van der Waals surface area contributed by atoms with E-state index in [1.165, 1.54) is 15.1 Å². The molecular formula is C16H17FN4O. The maximum Gasteiger partial charge on any atom is 0.350 e. The molecule has 0 aliphatic rings. The molecule has 0 saturated heterocycles. The minimum atomic E-state index is -0.229. The van der Waals surface area contributed by atoms with Crippen LogP contribution in [0.4, 0.5) is 4.39 Å². The molecule has 3 rings (SSSR count). The number of halogens is 1. The Bertz CT molecular complexity index is 839. The molecule has 0 aliphatic carbocycles. The topological polar surface area (TPSA) is 51.3 Å². The molecule has 1 unspecified atom stereocenters. The van der Waals surface area contributed by atoms with Crippen molar-refractivity contribution in [1.29, 1.82) is 0 Å². The van der Waals surface area contributed by atoms with Crippen molar-refractivity contribution in [2.75, 3.05) is 6.54 Å². The molecule has 0 amide bonds. The Morgan fingerprint density at radius 1 is 1.23 bits per heavy atom. The van der Waals surface area contributed by atoms with Gasteiger partial charge < -0.3 is 5.32 Å². The zero-order valence-electron chi connectivity index (χ0n) is 12.2. The average Bonchev–Trinajstić information content (AvgIpc) is 2.84. The van der Waals surface area contributed by atoms with Crippen molar-refractivity contribution in [3.8, 4) is 0 Å². The predicted octanol–water partition coefficient (Wildman–Crippen LogP) is 1.99. The summed E-state index contributed by atoms with van der Waals surface area (Å²) < 4.78 is 16.6. The standard InChI is InChI=1S/C16H17FN4O/c1-12(13-6-2-3-7-14(13)17)18-9-11-21-16(22)20-10-5-4-8-15(20)19-21/h2-8,10,12,18H,9,11H2,1H3. The minimum Gasteiger partial charge on any atom is -0.308 e. The van der Waals surface area contributed by atoms with E-state index in [0.29, 0.717) is 24.3 Å². The number of pyridine rings is 1. The van der Waals surface area contributed by atoms with Gasteiger partial charge in [0.25, 0.3) is 0 Å². The summed E-state index contributed by atoms with van der Waals surface area (Å²) in [4.78, 5) is 12.1. The second-order valence-electron chi connectivity index (χ2n) is 5.13. The molecule has 0 fully saturated rings. The monoisotopic (exact) mass is 300 g/mol. The van der Waals surface area contributed by atoms with Gasteiger partial charge in [-0.05, 0) is 25.1 Å². The van der Waals surface area contributed by atoms with E-state index in [2.05, 4.69) is 10.4 Å². The fraction of sp³-hybridized carbons (Fsp3) is 0.250. The van der Waals surface area contributed by atoms with Crippen LogP contribution in [0.2, 0.25) is 0 Å². The van der Waals surface area contributed by atoms with Gasteiger partial charge in [-0.15, -0.1) is 5.10 Å². The summed E-state index contributed by atoms with van der Waals surface area (Å²) in [6.07, 6.45) is 1.69. The van der Waals surface area contributed by atoms with Crippen molar-refractivity contribution in [3.05, 3.63) is 70.5 Å². The van der Waals surface area contributed by atoms with E-state index >= 15 is 0 Å². The van der Waals surface area contributed by atoms with E-state index in [1.54, 1.807) is 30.5 Å². The van der Waals surface area contributed by atoms with Gasteiger partial charge in [0.15, 0.2) is 5.65 Å². The summed E-state index contributed by atoms with van der Waals surface area (Å²) in [6, 6.07) is 12.0. The highest BCUT2D eigenvalue weighted by atomic mass is 19.1. The predicted molar refractivity (Wildman–Crippen MR) is 82.3 cm³/mol. The molecule has 0 bridgehead atoms. The van der Waals surface area contributed by atoms with Crippen LogP contribution in [0.25, 0.3) is 5.65 Å². The fourth-order valence-corrected chi connectivity index (χ4v) is 2.44. The van der Waals surface area contributed by atoms with E-state index in [1.807, 2.05) is 19.1 Å². The number of hydrogen-bond donors (Lipinski definition) is 1. The van der Waals surface area contributed by atoms with Crippen molar-refractivity contribution in [2.24, 2.45) is 0 Å². The number of nitrogens with zero attached hydrogens (tertiary/aromatic N) is 3. The van der Waals surface area contributed by atoms with Gasteiger partial charge in [0.05, 0.1) is 6.54 Å². The van der Waals surface area contributed by atoms with Crippen LogP contribution in [0.3, 0.4) is 0 Å². The quantitative estimate of drug-likeness (QED) is 0.784. The minimum absolute atomic E-state index is 0.131. The van der Waals surface area contributed by atoms with Gasteiger partial charge in [-0.1, -0.05) is 24.3 Å². The largest absolute Gasteiger partial charge is 0.350 e. The van der Waals surface area contributed by atoms with Crippen molar-refractivity contribution < 1.29 is 4.39 Å². The molecule has 5 nitrogen and oxygen atoms in total. The lowest BCUT2D eigenvalue weighted by Gasteiger charge is -2.14. The molecule has 0 spiro atoms.